The fraction of sp³-hybridized carbons (Fsp3) is 0.312. The van der Waals surface area contributed by atoms with Gasteiger partial charge in [-0.1, -0.05) is 42.8 Å². The summed E-state index contributed by atoms with van der Waals surface area (Å²) in [5, 5.41) is 20.4. The van der Waals surface area contributed by atoms with Gasteiger partial charge in [-0.3, -0.25) is 0 Å². The molecular weight excluding hydrogens is 332 g/mol. The topological polar surface area (TPSA) is 89.3 Å². The zero-order valence-electron chi connectivity index (χ0n) is 13.2. The minimum absolute atomic E-state index is 0.137. The van der Waals surface area contributed by atoms with E-state index in [0.29, 0.717) is 11.6 Å². The highest BCUT2D eigenvalue weighted by Crippen LogP contribution is 2.22. The Morgan fingerprint density at radius 3 is 2.67 bits per heavy atom. The van der Waals surface area contributed by atoms with Crippen LogP contribution in [0.4, 0.5) is 0 Å². The zero-order chi connectivity index (χ0) is 17.3. The molecule has 0 spiro atoms. The molecule has 1 aliphatic heterocycles. The first-order valence-electron chi connectivity index (χ1n) is 7.50. The number of aromatic nitrogens is 3. The first-order chi connectivity index (χ1) is 11.5. The quantitative estimate of drug-likeness (QED) is 0.801. The molecule has 24 heavy (non-hydrogen) atoms. The van der Waals surface area contributed by atoms with Gasteiger partial charge in [-0.2, -0.15) is 0 Å². The molecule has 2 heterocycles. The molecule has 1 aromatic carbocycles. The third-order valence-corrected chi connectivity index (χ3v) is 4.06. The van der Waals surface area contributed by atoms with E-state index in [1.807, 2.05) is 12.1 Å². The molecule has 1 aromatic heterocycles. The molecule has 8 heteroatoms. The number of carbonyl (C=O) groups excluding carboxylic acids is 1. The number of aliphatic hydroxyl groups excluding tert-OH is 1. The van der Waals surface area contributed by atoms with Crippen LogP contribution < -0.4 is 5.32 Å². The third-order valence-electron chi connectivity index (χ3n) is 3.71. The number of hydrogen-bond acceptors (Lipinski definition) is 6. The normalized spacial score (nSPS) is 17.5. The summed E-state index contributed by atoms with van der Waals surface area (Å²) < 4.78 is 6.24. The van der Waals surface area contributed by atoms with E-state index in [2.05, 4.69) is 46.3 Å². The van der Waals surface area contributed by atoms with Crippen LogP contribution in [0.15, 0.2) is 41.2 Å². The van der Waals surface area contributed by atoms with E-state index in [9.17, 15) is 9.90 Å². The van der Waals surface area contributed by atoms with Crippen LogP contribution in [0.5, 0.6) is 0 Å². The van der Waals surface area contributed by atoms with Crippen LogP contribution >= 0.6 is 11.6 Å². The first kappa shape index (κ1) is 16.5. The molecule has 0 radical (unpaired) electrons. The highest BCUT2D eigenvalue weighted by molar-refractivity contribution is 6.42. The third kappa shape index (κ3) is 3.27. The van der Waals surface area contributed by atoms with Crippen LogP contribution in [-0.4, -0.2) is 32.4 Å². The fourth-order valence-corrected chi connectivity index (χ4v) is 2.50. The van der Waals surface area contributed by atoms with Crippen molar-refractivity contribution in [3.63, 3.8) is 0 Å². The van der Waals surface area contributed by atoms with E-state index in [0.717, 1.165) is 5.69 Å². The van der Waals surface area contributed by atoms with E-state index in [1.165, 1.54) is 5.56 Å². The van der Waals surface area contributed by atoms with Crippen molar-refractivity contribution in [1.82, 2.24) is 20.3 Å². The average Bonchev–Trinajstić information content (AvgIpc) is 3.12. The summed E-state index contributed by atoms with van der Waals surface area (Å²) in [6.45, 7) is 4.53. The number of ether oxygens (including phenoxy) is 1. The summed E-state index contributed by atoms with van der Waals surface area (Å²) in [6, 6.07) is 8.08. The Morgan fingerprint density at radius 2 is 2.08 bits per heavy atom. The highest BCUT2D eigenvalue weighted by Gasteiger charge is 2.31. The SMILES string of the molecule is CC(C)c1ccc(-n2cc(CNC3=C(Cl)C(=O)OC3O)nn2)cc1. The van der Waals surface area contributed by atoms with Gasteiger partial charge < -0.3 is 15.2 Å². The second-order valence-corrected chi connectivity index (χ2v) is 6.12. The van der Waals surface area contributed by atoms with Crippen LogP contribution in [0, 0.1) is 0 Å². The monoisotopic (exact) mass is 348 g/mol. The minimum Gasteiger partial charge on any atom is -0.425 e. The molecule has 0 saturated carbocycles. The zero-order valence-corrected chi connectivity index (χ0v) is 14.0. The van der Waals surface area contributed by atoms with Gasteiger partial charge in [-0.25, -0.2) is 9.48 Å². The van der Waals surface area contributed by atoms with Crippen molar-refractivity contribution in [1.29, 1.82) is 0 Å². The standard InChI is InChI=1S/C16H17ClN4O3/c1-9(2)10-3-5-12(6-4-10)21-8-11(19-20-21)7-18-14-13(17)15(22)24-16(14)23/h3-6,8-9,16,18,23H,7H2,1-2H3. The average molecular weight is 349 g/mol. The summed E-state index contributed by atoms with van der Waals surface area (Å²) in [5.74, 6) is -0.282. The maximum absolute atomic E-state index is 11.2. The molecule has 2 aromatic rings. The van der Waals surface area contributed by atoms with Crippen LogP contribution in [0.2, 0.25) is 0 Å². The van der Waals surface area contributed by atoms with Crippen LogP contribution in [0.25, 0.3) is 5.69 Å². The van der Waals surface area contributed by atoms with Gasteiger partial charge >= 0.3 is 5.97 Å². The van der Waals surface area contributed by atoms with Gasteiger partial charge in [-0.15, -0.1) is 5.10 Å². The van der Waals surface area contributed by atoms with E-state index in [4.69, 9.17) is 11.6 Å². The number of aliphatic hydroxyl groups is 1. The summed E-state index contributed by atoms with van der Waals surface area (Å²) in [5.41, 5.74) is 2.92. The molecule has 1 aliphatic rings. The molecule has 126 valence electrons. The van der Waals surface area contributed by atoms with Crippen molar-refractivity contribution in [2.24, 2.45) is 0 Å². The van der Waals surface area contributed by atoms with Crippen molar-refractivity contribution >= 4 is 17.6 Å². The Labute approximate surface area is 143 Å². The maximum Gasteiger partial charge on any atom is 0.354 e. The van der Waals surface area contributed by atoms with Crippen molar-refractivity contribution in [2.75, 3.05) is 0 Å². The summed E-state index contributed by atoms with van der Waals surface area (Å²) in [6.07, 6.45) is 0.388. The molecule has 1 unspecified atom stereocenters. The predicted molar refractivity (Wildman–Crippen MR) is 87.3 cm³/mol. The predicted octanol–water partition coefficient (Wildman–Crippen LogP) is 1.81. The van der Waals surface area contributed by atoms with E-state index in [1.54, 1.807) is 10.9 Å². The molecule has 0 saturated heterocycles. The Balaban J connectivity index is 1.69. The second kappa shape index (κ2) is 6.62. The summed E-state index contributed by atoms with van der Waals surface area (Å²) >= 11 is 5.77. The number of carbonyl (C=O) groups is 1. The number of halogens is 1. The largest absolute Gasteiger partial charge is 0.425 e. The highest BCUT2D eigenvalue weighted by atomic mass is 35.5. The maximum atomic E-state index is 11.2. The Hall–Kier alpha value is -2.38. The van der Waals surface area contributed by atoms with E-state index < -0.39 is 12.3 Å². The number of rotatable bonds is 5. The molecule has 0 amide bonds. The smallest absolute Gasteiger partial charge is 0.354 e. The first-order valence-corrected chi connectivity index (χ1v) is 7.87. The molecule has 1 atom stereocenters. The number of hydrogen-bond donors (Lipinski definition) is 2. The summed E-state index contributed by atoms with van der Waals surface area (Å²) in [7, 11) is 0. The number of esters is 1. The van der Waals surface area contributed by atoms with Crippen LogP contribution in [-0.2, 0) is 16.1 Å². The van der Waals surface area contributed by atoms with Gasteiger partial charge in [-0.05, 0) is 23.6 Å². The lowest BCUT2D eigenvalue weighted by molar-refractivity contribution is -0.151. The molecule has 0 bridgehead atoms. The number of benzene rings is 1. The molecule has 2 N–H and O–H groups in total. The lowest BCUT2D eigenvalue weighted by atomic mass is 10.0. The number of nitrogens with zero attached hydrogens (tertiary/aromatic N) is 3. The molecule has 7 nitrogen and oxygen atoms in total. The van der Waals surface area contributed by atoms with Crippen LogP contribution in [0.3, 0.4) is 0 Å². The molecule has 3 rings (SSSR count). The van der Waals surface area contributed by atoms with Gasteiger partial charge in [0.2, 0.25) is 6.29 Å². The molecular formula is C16H17ClN4O3. The Bertz CT molecular complexity index is 783. The van der Waals surface area contributed by atoms with Crippen molar-refractivity contribution in [3.05, 3.63) is 52.4 Å². The van der Waals surface area contributed by atoms with Gasteiger partial charge in [0.1, 0.15) is 11.4 Å². The van der Waals surface area contributed by atoms with Crippen molar-refractivity contribution in [2.45, 2.75) is 32.6 Å². The van der Waals surface area contributed by atoms with Gasteiger partial charge in [0.25, 0.3) is 0 Å². The molecule has 0 aliphatic carbocycles. The summed E-state index contributed by atoms with van der Waals surface area (Å²) in [4.78, 5) is 11.2. The van der Waals surface area contributed by atoms with Gasteiger partial charge in [0.05, 0.1) is 18.4 Å². The minimum atomic E-state index is -1.37. The fourth-order valence-electron chi connectivity index (χ4n) is 2.30. The second-order valence-electron chi connectivity index (χ2n) is 5.74. The Kier molecular flexibility index (Phi) is 4.55. The number of cyclic esters (lactones) is 1. The van der Waals surface area contributed by atoms with Crippen molar-refractivity contribution in [3.8, 4) is 5.69 Å². The van der Waals surface area contributed by atoms with Crippen LogP contribution in [0.1, 0.15) is 31.0 Å². The van der Waals surface area contributed by atoms with Crippen molar-refractivity contribution < 1.29 is 14.6 Å². The lowest BCUT2D eigenvalue weighted by Gasteiger charge is -2.08. The lowest BCUT2D eigenvalue weighted by Crippen LogP contribution is -2.22. The number of nitrogens with one attached hydrogen (secondary N) is 1. The van der Waals surface area contributed by atoms with Gasteiger partial charge in [0.15, 0.2) is 5.03 Å². The van der Waals surface area contributed by atoms with Gasteiger partial charge in [0, 0.05) is 0 Å². The van der Waals surface area contributed by atoms with E-state index >= 15 is 0 Å². The Morgan fingerprint density at radius 1 is 1.38 bits per heavy atom. The van der Waals surface area contributed by atoms with E-state index in [-0.39, 0.29) is 17.3 Å². The molecule has 0 fully saturated rings.